The summed E-state index contributed by atoms with van der Waals surface area (Å²) in [7, 11) is 8.00. The molecule has 0 saturated carbocycles. The summed E-state index contributed by atoms with van der Waals surface area (Å²) in [4.78, 5) is 0. The van der Waals surface area contributed by atoms with Crippen LogP contribution in [-0.4, -0.2) is 39.0 Å². The molecule has 10 N–H and O–H groups in total. The maximum Gasteiger partial charge on any atom is 2.00 e. The van der Waals surface area contributed by atoms with Gasteiger partial charge in [-0.05, 0) is 0 Å². The molecule has 0 aliphatic rings. The van der Waals surface area contributed by atoms with Crippen molar-refractivity contribution < 1.29 is 0 Å². The zero-order valence-corrected chi connectivity index (χ0v) is 5.84. The molecule has 0 saturated heterocycles. The van der Waals surface area contributed by atoms with Gasteiger partial charge < -0.3 is 39.6 Å². The number of hydrogen-bond acceptors (Lipinski definition) is 4. The van der Waals surface area contributed by atoms with E-state index in [0.29, 0.717) is 0 Å². The maximum atomic E-state index is 4.00. The Kier molecular flexibility index (Phi) is 2740. The van der Waals surface area contributed by atoms with Crippen molar-refractivity contribution in [3.63, 3.8) is 0 Å². The third-order valence-corrected chi connectivity index (χ3v) is 0. The molecule has 0 heterocycles. The van der Waals surface area contributed by atoms with Gasteiger partial charge in [0, 0.05) is 0 Å². The summed E-state index contributed by atoms with van der Waals surface area (Å²) in [5.41, 5.74) is 8.00. The minimum atomic E-state index is 0. The minimum absolute atomic E-state index is 0. The quantitative estimate of drug-likeness (QED) is 0.270. The van der Waals surface area contributed by atoms with Crippen LogP contribution in [0.1, 0.15) is 0 Å². The topological polar surface area (TPSA) is 122 Å². The molecule has 0 fully saturated rings. The fourth-order valence-corrected chi connectivity index (χ4v) is 0. The fraction of sp³-hybridized carbons (Fsp3) is 0. The van der Waals surface area contributed by atoms with Crippen molar-refractivity contribution in [1.29, 1.82) is 0 Å². The number of hydrogen-bond donors (Lipinski definition) is 4. The van der Waals surface area contributed by atoms with E-state index < -0.39 is 0 Å². The van der Waals surface area contributed by atoms with Crippen molar-refractivity contribution >= 4 is 39.0 Å². The molecule has 0 amide bonds. The van der Waals surface area contributed by atoms with E-state index in [4.69, 9.17) is 0 Å². The third-order valence-electron chi connectivity index (χ3n) is 0. The third kappa shape index (κ3) is 279. The Labute approximate surface area is 63.0 Å². The van der Waals surface area contributed by atoms with Gasteiger partial charge in [0.15, 0.2) is 0 Å². The molecule has 0 aromatic carbocycles. The van der Waals surface area contributed by atoms with Crippen LogP contribution in [0.3, 0.4) is 0 Å². The predicted octanol–water partition coefficient (Wildman–Crippen LogP) is -2.00. The van der Waals surface area contributed by atoms with Gasteiger partial charge in [-0.3, -0.25) is 0 Å². The van der Waals surface area contributed by atoms with Crippen molar-refractivity contribution in [2.75, 3.05) is 0 Å². The molecular formula is H10B2MgN4. The van der Waals surface area contributed by atoms with Crippen LogP contribution in [0.5, 0.6) is 0 Å². The zero-order valence-electron chi connectivity index (χ0n) is 4.43. The summed E-state index contributed by atoms with van der Waals surface area (Å²) in [5.74, 6) is 0. The second-order valence-corrected chi connectivity index (χ2v) is 0. The molecule has 0 bridgehead atoms. The summed E-state index contributed by atoms with van der Waals surface area (Å²) in [6.45, 7) is 0. The molecule has 0 unspecified atom stereocenters. The Hall–Kier alpha value is 0.736. The molecule has 7 heteroatoms. The molecule has 0 rings (SSSR count). The van der Waals surface area contributed by atoms with Crippen molar-refractivity contribution in [1.82, 2.24) is 12.3 Å². The predicted molar refractivity (Wildman–Crippen MR) is 35.7 cm³/mol. The minimum Gasteiger partial charge on any atom is -0.605 e. The van der Waals surface area contributed by atoms with E-state index in [1.54, 1.807) is 0 Å². The molecule has 0 spiro atoms. The van der Waals surface area contributed by atoms with Gasteiger partial charge in [-0.1, -0.05) is 0 Å². The molecule has 0 aromatic rings. The van der Waals surface area contributed by atoms with Gasteiger partial charge >= 0.3 is 23.1 Å². The first kappa shape index (κ1) is 46.9. The molecule has 0 aromatic heterocycles. The Balaban J connectivity index is -0.00000000267. The van der Waals surface area contributed by atoms with Crippen molar-refractivity contribution in [2.45, 2.75) is 0 Å². The molecule has 0 aliphatic carbocycles. The molecule has 6 radical (unpaired) electrons. The molecule has 4 nitrogen and oxygen atoms in total. The monoisotopic (exact) mass is 112 g/mol. The summed E-state index contributed by atoms with van der Waals surface area (Å²) >= 11 is 0. The summed E-state index contributed by atoms with van der Waals surface area (Å²) in [6, 6.07) is 0. The second kappa shape index (κ2) is 409. The van der Waals surface area contributed by atoms with Gasteiger partial charge in [0.2, 0.25) is 0 Å². The van der Waals surface area contributed by atoms with E-state index in [1.807, 2.05) is 0 Å². The van der Waals surface area contributed by atoms with Crippen molar-refractivity contribution in [2.24, 2.45) is 11.3 Å². The van der Waals surface area contributed by atoms with Crippen LogP contribution in [-0.2, 0) is 0 Å². The van der Waals surface area contributed by atoms with Crippen molar-refractivity contribution in [3.05, 3.63) is 0 Å². The van der Waals surface area contributed by atoms with Crippen LogP contribution in [0.2, 0.25) is 0 Å². The van der Waals surface area contributed by atoms with Gasteiger partial charge in [0.25, 0.3) is 0 Å². The smallest absolute Gasteiger partial charge is 0.605 e. The molecular weight excluding hydrogens is 102 g/mol. The van der Waals surface area contributed by atoms with Gasteiger partial charge in [-0.25, -0.2) is 0 Å². The first-order chi connectivity index (χ1) is 2.00. The summed E-state index contributed by atoms with van der Waals surface area (Å²) in [5, 5.41) is 0. The fourth-order valence-electron chi connectivity index (χ4n) is 0. The standard InChI is InChI=1S/2BH2N.Mg.2H3N/c2*1-2;;;/h2*2H2;;2*1H3/q2*-1;+2;;. The largest absolute Gasteiger partial charge is 2.00 e. The normalized spacial score (nSPS) is 1.71. The van der Waals surface area contributed by atoms with E-state index in [-0.39, 0.29) is 35.4 Å². The summed E-state index contributed by atoms with van der Waals surface area (Å²) in [6.07, 6.45) is 0. The SMILES string of the molecule is N.N.[B-]N.[B-]N.[Mg+2]. The van der Waals surface area contributed by atoms with Crippen LogP contribution in [0.4, 0.5) is 0 Å². The van der Waals surface area contributed by atoms with Crippen LogP contribution in [0.25, 0.3) is 0 Å². The van der Waals surface area contributed by atoms with E-state index in [9.17, 15) is 0 Å². The van der Waals surface area contributed by atoms with Crippen LogP contribution in [0.15, 0.2) is 0 Å². The molecule has 7 heavy (non-hydrogen) atoms. The maximum absolute atomic E-state index is 4.00. The van der Waals surface area contributed by atoms with E-state index in [2.05, 4.69) is 27.3 Å². The van der Waals surface area contributed by atoms with Gasteiger partial charge in [-0.15, -0.1) is 0 Å². The number of nitrogens with two attached hydrogens (primary N) is 2. The van der Waals surface area contributed by atoms with E-state index in [1.165, 1.54) is 0 Å². The van der Waals surface area contributed by atoms with E-state index in [0.717, 1.165) is 0 Å². The van der Waals surface area contributed by atoms with Gasteiger partial charge in [0.1, 0.15) is 0 Å². The van der Waals surface area contributed by atoms with Crippen LogP contribution >= 0.6 is 0 Å². The average molecular weight is 112 g/mol. The first-order valence-electron chi connectivity index (χ1n) is 0.667. The first-order valence-corrected chi connectivity index (χ1v) is 0.667. The zero-order chi connectivity index (χ0) is 4.00. The number of rotatable bonds is 0. The van der Waals surface area contributed by atoms with Crippen molar-refractivity contribution in [3.8, 4) is 0 Å². The Morgan fingerprint density at radius 2 is 0.714 bits per heavy atom. The Morgan fingerprint density at radius 1 is 0.714 bits per heavy atom. The average Bonchev–Trinajstić information content (AvgIpc) is 1.50. The van der Waals surface area contributed by atoms with Gasteiger partial charge in [0.05, 0.1) is 0 Å². The molecule has 0 aliphatic heterocycles. The Bertz CT molecular complexity index is 9.65. The summed E-state index contributed by atoms with van der Waals surface area (Å²) < 4.78 is 0. The van der Waals surface area contributed by atoms with Crippen LogP contribution in [0, 0.1) is 0 Å². The van der Waals surface area contributed by atoms with E-state index >= 15 is 0 Å². The molecule has 0 atom stereocenters. The second-order valence-electron chi connectivity index (χ2n) is 0. The van der Waals surface area contributed by atoms with Gasteiger partial charge in [-0.2, -0.15) is 0 Å². The molecule has 38 valence electrons. The van der Waals surface area contributed by atoms with Crippen LogP contribution < -0.4 is 23.6 Å². The Morgan fingerprint density at radius 3 is 0.714 bits per heavy atom.